The number of benzene rings is 2. The van der Waals surface area contributed by atoms with Crippen molar-refractivity contribution in [3.63, 3.8) is 0 Å². The fraction of sp³-hybridized carbons (Fsp3) is 0.118. The third kappa shape index (κ3) is 4.36. The maximum atomic E-state index is 13.0. The highest BCUT2D eigenvalue weighted by Crippen LogP contribution is 2.21. The highest BCUT2D eigenvalue weighted by Gasteiger charge is 2.10. The van der Waals surface area contributed by atoms with Gasteiger partial charge in [-0.15, -0.1) is 10.2 Å². The molecule has 0 spiro atoms. The Morgan fingerprint density at radius 1 is 1.16 bits per heavy atom. The molecule has 0 aliphatic carbocycles. The van der Waals surface area contributed by atoms with Crippen molar-refractivity contribution in [3.05, 3.63) is 71.5 Å². The predicted molar refractivity (Wildman–Crippen MR) is 98.4 cm³/mol. The average Bonchev–Trinajstić information content (AvgIpc) is 2.99. The predicted octanol–water partition coefficient (Wildman–Crippen LogP) is 3.26. The summed E-state index contributed by atoms with van der Waals surface area (Å²) in [6.45, 7) is 1.81. The molecule has 3 aromatic rings. The van der Waals surface area contributed by atoms with Gasteiger partial charge in [-0.25, -0.2) is 14.5 Å². The van der Waals surface area contributed by atoms with E-state index in [4.69, 9.17) is 5.84 Å². The van der Waals surface area contributed by atoms with Gasteiger partial charge in [0.05, 0.1) is 5.71 Å². The number of hydrogen-bond donors (Lipinski definition) is 2. The number of nitrogens with two attached hydrogens (primary N) is 1. The second-order valence-electron chi connectivity index (χ2n) is 5.27. The zero-order valence-corrected chi connectivity index (χ0v) is 14.4. The fourth-order valence-corrected chi connectivity index (χ4v) is 2.88. The molecule has 25 heavy (non-hydrogen) atoms. The van der Waals surface area contributed by atoms with E-state index in [1.54, 1.807) is 12.1 Å². The summed E-state index contributed by atoms with van der Waals surface area (Å²) in [6.07, 6.45) is 0. The smallest absolute Gasteiger partial charge is 0.264 e. The number of nitrogens with zero attached hydrogens (tertiary/aromatic N) is 4. The summed E-state index contributed by atoms with van der Waals surface area (Å²) >= 11 is 1.49. The van der Waals surface area contributed by atoms with Crippen LogP contribution in [0.1, 0.15) is 18.1 Å². The molecule has 3 N–H and O–H groups in total. The number of halogens is 1. The molecule has 0 amide bonds. The Bertz CT molecular complexity index is 861. The van der Waals surface area contributed by atoms with E-state index in [2.05, 4.69) is 20.7 Å². The molecule has 8 heteroatoms. The second kappa shape index (κ2) is 7.80. The molecule has 128 valence electrons. The Hall–Kier alpha value is -2.87. The van der Waals surface area contributed by atoms with Gasteiger partial charge in [-0.05, 0) is 30.2 Å². The van der Waals surface area contributed by atoms with Crippen LogP contribution in [0.3, 0.4) is 0 Å². The number of hydrogen-bond acceptors (Lipinski definition) is 6. The Balaban J connectivity index is 1.64. The van der Waals surface area contributed by atoms with Crippen molar-refractivity contribution in [2.24, 2.45) is 5.10 Å². The van der Waals surface area contributed by atoms with E-state index < -0.39 is 0 Å². The number of nitrogen functional groups attached to an aromatic ring is 1. The number of hydrazone groups is 1. The van der Waals surface area contributed by atoms with Gasteiger partial charge in [0.2, 0.25) is 5.16 Å². The molecule has 0 bridgehead atoms. The van der Waals surface area contributed by atoms with Crippen molar-refractivity contribution in [2.45, 2.75) is 17.8 Å². The van der Waals surface area contributed by atoms with Crippen LogP contribution in [0.15, 0.2) is 64.9 Å². The molecule has 3 rings (SSSR count). The summed E-state index contributed by atoms with van der Waals surface area (Å²) in [4.78, 5) is 0. The fourth-order valence-electron chi connectivity index (χ4n) is 2.06. The maximum absolute atomic E-state index is 13.0. The molecule has 2 aromatic carbocycles. The van der Waals surface area contributed by atoms with Gasteiger partial charge in [0, 0.05) is 5.75 Å². The molecule has 6 nitrogen and oxygen atoms in total. The minimum atomic E-state index is -0.286. The van der Waals surface area contributed by atoms with Gasteiger partial charge in [-0.2, -0.15) is 5.10 Å². The highest BCUT2D eigenvalue weighted by atomic mass is 32.2. The van der Waals surface area contributed by atoms with Crippen LogP contribution < -0.4 is 11.3 Å². The molecular weight excluding hydrogens is 339 g/mol. The summed E-state index contributed by atoms with van der Waals surface area (Å²) in [7, 11) is 0. The number of aromatic nitrogens is 3. The molecule has 1 heterocycles. The minimum absolute atomic E-state index is 0.286. The van der Waals surface area contributed by atoms with E-state index >= 15 is 0 Å². The molecule has 0 radical (unpaired) electrons. The first kappa shape index (κ1) is 17.0. The molecular formula is C17H17FN6S. The summed E-state index contributed by atoms with van der Waals surface area (Å²) < 4.78 is 14.3. The van der Waals surface area contributed by atoms with Crippen LogP contribution in [-0.4, -0.2) is 20.6 Å². The first-order chi connectivity index (χ1) is 12.1. The van der Waals surface area contributed by atoms with Gasteiger partial charge < -0.3 is 5.84 Å². The quantitative estimate of drug-likeness (QED) is 0.307. The largest absolute Gasteiger partial charge is 0.334 e. The van der Waals surface area contributed by atoms with Crippen molar-refractivity contribution in [3.8, 4) is 0 Å². The zero-order valence-electron chi connectivity index (χ0n) is 13.6. The highest BCUT2D eigenvalue weighted by molar-refractivity contribution is 7.98. The Labute approximate surface area is 148 Å². The van der Waals surface area contributed by atoms with Gasteiger partial charge in [-0.1, -0.05) is 54.2 Å². The Kier molecular flexibility index (Phi) is 5.30. The lowest BCUT2D eigenvalue weighted by molar-refractivity contribution is 0.628. The van der Waals surface area contributed by atoms with Gasteiger partial charge in [0.15, 0.2) is 0 Å². The number of anilines is 1. The van der Waals surface area contributed by atoms with Crippen molar-refractivity contribution < 1.29 is 4.39 Å². The normalized spacial score (nSPS) is 11.5. The summed E-state index contributed by atoms with van der Waals surface area (Å²) in [6, 6.07) is 16.1. The Morgan fingerprint density at radius 2 is 1.88 bits per heavy atom. The van der Waals surface area contributed by atoms with E-state index in [9.17, 15) is 4.39 Å². The van der Waals surface area contributed by atoms with Crippen LogP contribution in [-0.2, 0) is 5.75 Å². The van der Waals surface area contributed by atoms with Crippen molar-refractivity contribution in [1.82, 2.24) is 14.9 Å². The molecule has 0 fully saturated rings. The van der Waals surface area contributed by atoms with Crippen molar-refractivity contribution in [2.75, 3.05) is 11.3 Å². The monoisotopic (exact) mass is 356 g/mol. The van der Waals surface area contributed by atoms with Crippen LogP contribution in [0.5, 0.6) is 0 Å². The van der Waals surface area contributed by atoms with E-state index in [1.807, 2.05) is 37.3 Å². The van der Waals surface area contributed by atoms with E-state index in [-0.39, 0.29) is 5.82 Å². The summed E-state index contributed by atoms with van der Waals surface area (Å²) in [5.41, 5.74) is 5.45. The van der Waals surface area contributed by atoms with Gasteiger partial charge >= 0.3 is 0 Å². The first-order valence-corrected chi connectivity index (χ1v) is 8.55. The van der Waals surface area contributed by atoms with E-state index in [0.29, 0.717) is 16.8 Å². The first-order valence-electron chi connectivity index (χ1n) is 7.57. The molecule has 0 atom stereocenters. The van der Waals surface area contributed by atoms with E-state index in [1.165, 1.54) is 34.1 Å². The van der Waals surface area contributed by atoms with Crippen molar-refractivity contribution in [1.29, 1.82) is 0 Å². The van der Waals surface area contributed by atoms with Crippen LogP contribution in [0.25, 0.3) is 0 Å². The summed E-state index contributed by atoms with van der Waals surface area (Å²) in [5, 5.41) is 12.9. The topological polar surface area (TPSA) is 81.1 Å². The van der Waals surface area contributed by atoms with E-state index in [0.717, 1.165) is 11.3 Å². The molecule has 0 aliphatic heterocycles. The lowest BCUT2D eigenvalue weighted by atomic mass is 10.1. The van der Waals surface area contributed by atoms with Crippen LogP contribution in [0, 0.1) is 5.82 Å². The minimum Gasteiger partial charge on any atom is -0.334 e. The molecule has 0 aliphatic rings. The third-order valence-corrected chi connectivity index (χ3v) is 4.48. The lowest BCUT2D eigenvalue weighted by Crippen LogP contribution is -2.13. The van der Waals surface area contributed by atoms with Gasteiger partial charge in [0.25, 0.3) is 5.95 Å². The van der Waals surface area contributed by atoms with Gasteiger partial charge in [0.1, 0.15) is 5.82 Å². The third-order valence-electron chi connectivity index (χ3n) is 3.46. The van der Waals surface area contributed by atoms with Crippen LogP contribution in [0.4, 0.5) is 10.3 Å². The zero-order chi connectivity index (χ0) is 17.6. The number of rotatable bonds is 6. The SMILES string of the molecule is C/C(=N\Nc1nnc(SCc2ccccc2)n1N)c1ccc(F)cc1. The number of thioether (sulfide) groups is 1. The second-order valence-corrected chi connectivity index (χ2v) is 6.21. The Morgan fingerprint density at radius 3 is 2.60 bits per heavy atom. The number of nitrogens with one attached hydrogen (secondary N) is 1. The summed E-state index contributed by atoms with van der Waals surface area (Å²) in [5.74, 6) is 6.79. The van der Waals surface area contributed by atoms with Crippen molar-refractivity contribution >= 4 is 23.4 Å². The molecule has 0 saturated carbocycles. The molecule has 0 unspecified atom stereocenters. The van der Waals surface area contributed by atoms with Gasteiger partial charge in [-0.3, -0.25) is 0 Å². The molecule has 0 saturated heterocycles. The maximum Gasteiger partial charge on any atom is 0.264 e. The lowest BCUT2D eigenvalue weighted by Gasteiger charge is -2.04. The molecule has 1 aromatic heterocycles. The van der Waals surface area contributed by atoms with Crippen LogP contribution in [0.2, 0.25) is 0 Å². The average molecular weight is 356 g/mol. The standard InChI is InChI=1S/C17H17FN6S/c1-12(14-7-9-15(18)10-8-14)20-21-16-22-23-17(24(16)19)25-11-13-5-3-2-4-6-13/h2-10H,11,19H2,1H3,(H,21,22)/b20-12+. The van der Waals surface area contributed by atoms with Crippen LogP contribution >= 0.6 is 11.8 Å².